The second kappa shape index (κ2) is 31.1. The van der Waals surface area contributed by atoms with Crippen molar-refractivity contribution in [2.75, 3.05) is 11.9 Å². The molecule has 432 valence electrons. The first-order valence-electron chi connectivity index (χ1n) is 27.0. The molecule has 4 atom stereocenters. The molecular weight excluding hydrogens is 1030 g/mol. The third kappa shape index (κ3) is 23.2. The van der Waals surface area contributed by atoms with E-state index in [0.29, 0.717) is 24.3 Å². The van der Waals surface area contributed by atoms with Crippen LogP contribution < -0.4 is 14.8 Å². The fraction of sp³-hybridized carbons (Fsp3) is 0.684. The van der Waals surface area contributed by atoms with E-state index in [0.717, 1.165) is 56.1 Å². The molecule has 0 amide bonds. The third-order valence-corrected chi connectivity index (χ3v) is 15.3. The first kappa shape index (κ1) is 68.2. The highest BCUT2D eigenvalue weighted by Gasteiger charge is 2.71. The van der Waals surface area contributed by atoms with Crippen LogP contribution in [0.3, 0.4) is 0 Å². The smallest absolute Gasteiger partial charge is 0.427 e. The van der Waals surface area contributed by atoms with E-state index in [1.54, 1.807) is 6.07 Å². The lowest BCUT2D eigenvalue weighted by molar-refractivity contribution is -0.244. The van der Waals surface area contributed by atoms with Gasteiger partial charge in [-0.2, -0.15) is 0 Å². The number of unbranched alkanes of at least 4 members (excludes halogenated alkanes) is 5. The van der Waals surface area contributed by atoms with Gasteiger partial charge < -0.3 is 38.8 Å². The lowest BCUT2D eigenvalue weighted by Crippen LogP contribution is -2.37. The van der Waals surface area contributed by atoms with Crippen molar-refractivity contribution in [1.29, 1.82) is 0 Å². The number of anilines is 1. The summed E-state index contributed by atoms with van der Waals surface area (Å²) >= 11 is 0. The average molecular weight is 1120 g/mol. The zero-order valence-corrected chi connectivity index (χ0v) is 50.4. The van der Waals surface area contributed by atoms with Crippen LogP contribution in [0.5, 0.6) is 11.5 Å². The summed E-state index contributed by atoms with van der Waals surface area (Å²) in [4.78, 5) is 77.8. The number of carbonyl (C=O) groups is 6. The Bertz CT molecular complexity index is 2160. The van der Waals surface area contributed by atoms with E-state index in [4.69, 9.17) is 37.5 Å². The minimum atomic E-state index is -3.73. The van der Waals surface area contributed by atoms with Crippen molar-refractivity contribution in [2.45, 2.75) is 224 Å². The molecule has 0 aliphatic heterocycles. The molecule has 0 radical (unpaired) electrons. The molecule has 0 aliphatic carbocycles. The second-order valence-electron chi connectivity index (χ2n) is 23.3. The highest BCUT2D eigenvalue weighted by Crippen LogP contribution is 2.59. The minimum Gasteiger partial charge on any atom is -0.427 e. The van der Waals surface area contributed by atoms with Crippen LogP contribution in [0.1, 0.15) is 217 Å². The number of rotatable bonds is 31. The number of esters is 6. The van der Waals surface area contributed by atoms with Gasteiger partial charge in [0.15, 0.2) is 5.75 Å². The maximum absolute atomic E-state index is 14.4. The van der Waals surface area contributed by atoms with Crippen molar-refractivity contribution < 1.29 is 80.5 Å². The SMILES string of the molecule is CCCCCC(=O)Oc1ccc(C(CC)C(CC)c2ccc(OC(=O)CCCCC)c(NCCCCC(O)([P+](=O)OC(OC(=O)C(C)(C)C)OC(=O)C(C)(C)C)[P+](=O)OC(OC(=O)C(C)(C)C)OC(=O)C(C)(C)C)c2)cc1. The Balaban J connectivity index is 2.59. The van der Waals surface area contributed by atoms with Crippen molar-refractivity contribution in [3.8, 4) is 11.5 Å². The monoisotopic (exact) mass is 1120 g/mol. The number of hydrogen-bond donors (Lipinski definition) is 2. The van der Waals surface area contributed by atoms with Crippen LogP contribution in [0, 0.1) is 21.7 Å². The molecule has 77 heavy (non-hydrogen) atoms. The summed E-state index contributed by atoms with van der Waals surface area (Å²) in [5.74, 6) is -3.62. The first-order chi connectivity index (χ1) is 35.7. The van der Waals surface area contributed by atoms with E-state index in [-0.39, 0.29) is 49.4 Å². The molecule has 0 bridgehead atoms. The average Bonchev–Trinajstić information content (AvgIpc) is 3.32. The zero-order valence-electron chi connectivity index (χ0n) is 48.6. The van der Waals surface area contributed by atoms with Crippen LogP contribution >= 0.6 is 16.1 Å². The Morgan fingerprint density at radius 1 is 0.519 bits per heavy atom. The standard InChI is InChI=1S/C57H89NO17P2/c1-17-21-23-27-45(59)68-40-32-29-38(30-33-40)41(19-3)42(20-4)39-31-34-44(69-46(60)28-24-22-18-2)43(37-39)58-36-26-25-35-57(65,76(66)74-51(70-47(61)53(5,6)7)71-48(62)54(8,9)10)77(67)75-52(72-49(63)55(11,12)13)73-50(64)56(14,15)16/h29-34,37,41-42,51-52,58,65H,17-28,35-36H2,1-16H3/q+2. The molecule has 0 spiro atoms. The Kier molecular flexibility index (Phi) is 27.5. The maximum atomic E-state index is 14.4. The Hall–Kier alpha value is -4.86. The molecule has 0 aromatic heterocycles. The molecule has 20 heteroatoms. The summed E-state index contributed by atoms with van der Waals surface area (Å²) in [5.41, 5.74) is -2.21. The molecule has 0 saturated heterocycles. The van der Waals surface area contributed by atoms with Gasteiger partial charge in [0.1, 0.15) is 5.75 Å². The quantitative estimate of drug-likeness (QED) is 0.0234. The van der Waals surface area contributed by atoms with Crippen molar-refractivity contribution in [1.82, 2.24) is 0 Å². The molecule has 18 nitrogen and oxygen atoms in total. The van der Waals surface area contributed by atoms with Gasteiger partial charge in [0.05, 0.1) is 33.8 Å². The zero-order chi connectivity index (χ0) is 58.5. The van der Waals surface area contributed by atoms with Crippen molar-refractivity contribution in [3.63, 3.8) is 0 Å². The number of hydrogen-bond acceptors (Lipinski definition) is 18. The predicted molar refractivity (Wildman–Crippen MR) is 293 cm³/mol. The van der Waals surface area contributed by atoms with E-state index in [1.807, 2.05) is 43.3 Å². The molecule has 0 saturated carbocycles. The summed E-state index contributed by atoms with van der Waals surface area (Å²) in [6.07, 6.45) is 6.74. The van der Waals surface area contributed by atoms with Crippen LogP contribution in [0.25, 0.3) is 0 Å². The van der Waals surface area contributed by atoms with Crippen molar-refractivity contribution in [3.05, 3.63) is 53.6 Å². The van der Waals surface area contributed by atoms with E-state index >= 15 is 0 Å². The molecule has 0 fully saturated rings. The van der Waals surface area contributed by atoms with Crippen LogP contribution in [0.15, 0.2) is 42.5 Å². The fourth-order valence-electron chi connectivity index (χ4n) is 7.16. The van der Waals surface area contributed by atoms with Gasteiger partial charge in [-0.25, -0.2) is 0 Å². The molecule has 2 rings (SSSR count). The van der Waals surface area contributed by atoms with Gasteiger partial charge in [0, 0.05) is 19.4 Å². The third-order valence-electron chi connectivity index (χ3n) is 12.0. The first-order valence-corrected chi connectivity index (χ1v) is 29.3. The molecule has 0 aliphatic rings. The molecule has 2 aromatic rings. The number of nitrogens with one attached hydrogen (secondary N) is 1. The van der Waals surface area contributed by atoms with E-state index in [9.17, 15) is 43.0 Å². The Morgan fingerprint density at radius 3 is 1.30 bits per heavy atom. The summed E-state index contributed by atoms with van der Waals surface area (Å²) < 4.78 is 72.6. The highest BCUT2D eigenvalue weighted by molar-refractivity contribution is 7.60. The van der Waals surface area contributed by atoms with Crippen molar-refractivity contribution in [2.24, 2.45) is 21.7 Å². The van der Waals surface area contributed by atoms with Crippen LogP contribution in [-0.4, -0.2) is 65.5 Å². The molecule has 2 aromatic carbocycles. The molecular formula is C57H89NO17P2+2. The summed E-state index contributed by atoms with van der Waals surface area (Å²) in [6, 6.07) is 13.2. The second-order valence-corrected chi connectivity index (χ2v) is 26.6. The van der Waals surface area contributed by atoms with Gasteiger partial charge in [-0.05, 0) is 178 Å². The molecule has 0 heterocycles. The van der Waals surface area contributed by atoms with Gasteiger partial charge in [-0.3, -0.25) is 28.8 Å². The maximum Gasteiger partial charge on any atom is 0.610 e. The number of benzene rings is 2. The number of aliphatic hydroxyl groups is 1. The predicted octanol–water partition coefficient (Wildman–Crippen LogP) is 14.0. The fourth-order valence-corrected chi connectivity index (χ4v) is 9.48. The number of ether oxygens (including phenoxy) is 6. The van der Waals surface area contributed by atoms with Gasteiger partial charge in [0.25, 0.3) is 0 Å². The van der Waals surface area contributed by atoms with E-state index < -0.39 is 92.0 Å². The van der Waals surface area contributed by atoms with Crippen LogP contribution in [0.4, 0.5) is 5.69 Å². The minimum absolute atomic E-state index is 0.00301. The summed E-state index contributed by atoms with van der Waals surface area (Å²) in [7, 11) is -7.46. The Labute approximate surface area is 459 Å². The lowest BCUT2D eigenvalue weighted by atomic mass is 9.78. The van der Waals surface area contributed by atoms with E-state index in [2.05, 4.69) is 26.1 Å². The molecule has 4 unspecified atom stereocenters. The topological polar surface area (TPSA) is 243 Å². The highest BCUT2D eigenvalue weighted by atomic mass is 31.2. The van der Waals surface area contributed by atoms with Crippen molar-refractivity contribution >= 4 is 57.6 Å². The summed E-state index contributed by atoms with van der Waals surface area (Å²) in [5, 5.41) is 12.6. The van der Waals surface area contributed by atoms with Crippen LogP contribution in [0.2, 0.25) is 0 Å². The van der Waals surface area contributed by atoms with Gasteiger partial charge in [0.2, 0.25) is 0 Å². The normalized spacial score (nSPS) is 14.2. The lowest BCUT2D eigenvalue weighted by Gasteiger charge is -2.27. The van der Waals surface area contributed by atoms with Crippen LogP contribution in [-0.2, 0) is 65.9 Å². The molecule has 2 N–H and O–H groups in total. The van der Waals surface area contributed by atoms with E-state index in [1.165, 1.54) is 83.1 Å². The number of carbonyl (C=O) groups excluding carboxylic acids is 6. The summed E-state index contributed by atoms with van der Waals surface area (Å²) in [6.45, 7) is 21.9. The van der Waals surface area contributed by atoms with Gasteiger partial charge in [-0.15, -0.1) is 0 Å². The largest absolute Gasteiger partial charge is 0.610 e. The van der Waals surface area contributed by atoms with Gasteiger partial charge >= 0.3 is 69.9 Å². The Morgan fingerprint density at radius 2 is 0.909 bits per heavy atom. The van der Waals surface area contributed by atoms with Gasteiger partial charge in [-0.1, -0.05) is 80.6 Å².